The smallest absolute Gasteiger partial charge is 0.165 e. The molecule has 0 spiro atoms. The third-order valence-electron chi connectivity index (χ3n) is 5.38. The normalized spacial score (nSPS) is 12.5. The maximum absolute atomic E-state index is 14.6. The largest absolute Gasteiger partial charge is 0.383 e. The zero-order valence-electron chi connectivity index (χ0n) is 18.5. The topological polar surface area (TPSA) is 69.6 Å². The van der Waals surface area contributed by atoms with Gasteiger partial charge in [0.2, 0.25) is 0 Å². The number of aromatic nitrogens is 4. The molecule has 3 aromatic heterocycles. The van der Waals surface area contributed by atoms with Crippen LogP contribution in [0.1, 0.15) is 38.4 Å². The molecular formula is C26H26FN5. The van der Waals surface area contributed by atoms with E-state index in [9.17, 15) is 4.39 Å². The molecule has 0 aliphatic carbocycles. The van der Waals surface area contributed by atoms with E-state index >= 15 is 0 Å². The van der Waals surface area contributed by atoms with Gasteiger partial charge in [-0.05, 0) is 61.7 Å². The van der Waals surface area contributed by atoms with Crippen molar-refractivity contribution < 1.29 is 4.39 Å². The Morgan fingerprint density at radius 2 is 1.84 bits per heavy atom. The number of halogens is 1. The average Bonchev–Trinajstić information content (AvgIpc) is 3.20. The first-order chi connectivity index (χ1) is 15.6. The number of rotatable bonds is 6. The Hall–Kier alpha value is -3.80. The minimum Gasteiger partial charge on any atom is -0.383 e. The number of aryl methyl sites for hydroxylation is 1. The number of hydrogen-bond acceptors (Lipinski definition) is 4. The van der Waals surface area contributed by atoms with Crippen LogP contribution in [-0.4, -0.2) is 19.5 Å². The van der Waals surface area contributed by atoms with E-state index in [2.05, 4.69) is 24.0 Å². The van der Waals surface area contributed by atoms with Gasteiger partial charge in [0.05, 0.1) is 11.3 Å². The lowest BCUT2D eigenvalue weighted by Crippen LogP contribution is -2.02. The molecule has 4 aromatic rings. The van der Waals surface area contributed by atoms with Gasteiger partial charge in [0.25, 0.3) is 0 Å². The number of benzene rings is 1. The van der Waals surface area contributed by atoms with Gasteiger partial charge in [0, 0.05) is 17.5 Å². The molecule has 2 N–H and O–H groups in total. The molecule has 0 saturated heterocycles. The Kier molecular flexibility index (Phi) is 6.12. The average molecular weight is 428 g/mol. The van der Waals surface area contributed by atoms with Gasteiger partial charge in [-0.15, -0.1) is 0 Å². The van der Waals surface area contributed by atoms with E-state index in [4.69, 9.17) is 15.7 Å². The Balaban J connectivity index is 2.02. The third kappa shape index (κ3) is 3.91. The van der Waals surface area contributed by atoms with E-state index in [1.165, 1.54) is 11.6 Å². The maximum Gasteiger partial charge on any atom is 0.165 e. The van der Waals surface area contributed by atoms with Crippen molar-refractivity contribution in [3.8, 4) is 17.1 Å². The van der Waals surface area contributed by atoms with Crippen molar-refractivity contribution in [1.29, 1.82) is 0 Å². The lowest BCUT2D eigenvalue weighted by Gasteiger charge is -2.11. The molecule has 0 unspecified atom stereocenters. The van der Waals surface area contributed by atoms with Crippen LogP contribution in [0.2, 0.25) is 0 Å². The monoisotopic (exact) mass is 427 g/mol. The van der Waals surface area contributed by atoms with Crippen molar-refractivity contribution >= 4 is 22.6 Å². The number of nitrogen functional groups attached to an aromatic ring is 1. The van der Waals surface area contributed by atoms with Gasteiger partial charge < -0.3 is 5.73 Å². The molecule has 4 rings (SSSR count). The maximum atomic E-state index is 14.6. The van der Waals surface area contributed by atoms with E-state index in [0.717, 1.165) is 17.7 Å². The summed E-state index contributed by atoms with van der Waals surface area (Å²) >= 11 is 0. The summed E-state index contributed by atoms with van der Waals surface area (Å²) in [5, 5.41) is 0. The number of anilines is 1. The van der Waals surface area contributed by atoms with Gasteiger partial charge in [0.15, 0.2) is 11.5 Å². The Labute approximate surface area is 187 Å². The van der Waals surface area contributed by atoms with Gasteiger partial charge >= 0.3 is 0 Å². The van der Waals surface area contributed by atoms with E-state index in [1.807, 2.05) is 47.9 Å². The van der Waals surface area contributed by atoms with Gasteiger partial charge in [-0.2, -0.15) is 0 Å². The molecule has 0 fully saturated rings. The van der Waals surface area contributed by atoms with Crippen LogP contribution in [0.4, 0.5) is 10.2 Å². The minimum atomic E-state index is -0.297. The molecular weight excluding hydrogens is 401 g/mol. The van der Waals surface area contributed by atoms with E-state index in [-0.39, 0.29) is 5.83 Å². The number of nitrogens with two attached hydrogens (primary N) is 1. The zero-order valence-corrected chi connectivity index (χ0v) is 18.5. The SMILES string of the molecule is C/C=C(F)\C(=C/CC)c1ccc2nc(-c3cccnc3N)n(-c3ccc(CC)cc3)c2n1. The van der Waals surface area contributed by atoms with Crippen molar-refractivity contribution in [2.75, 3.05) is 5.73 Å². The van der Waals surface area contributed by atoms with Crippen LogP contribution in [0.25, 0.3) is 33.8 Å². The lowest BCUT2D eigenvalue weighted by molar-refractivity contribution is 0.670. The highest BCUT2D eigenvalue weighted by Crippen LogP contribution is 2.32. The summed E-state index contributed by atoms with van der Waals surface area (Å²) in [7, 11) is 0. The van der Waals surface area contributed by atoms with E-state index in [0.29, 0.717) is 40.5 Å². The summed E-state index contributed by atoms with van der Waals surface area (Å²) in [6, 6.07) is 15.7. The fraction of sp³-hybridized carbons (Fsp3) is 0.192. The summed E-state index contributed by atoms with van der Waals surface area (Å²) in [6.07, 6.45) is 6.60. The number of allylic oxidation sites excluding steroid dienone is 4. The molecule has 0 radical (unpaired) electrons. The fourth-order valence-electron chi connectivity index (χ4n) is 3.70. The van der Waals surface area contributed by atoms with Crippen molar-refractivity contribution in [2.45, 2.75) is 33.6 Å². The third-order valence-corrected chi connectivity index (χ3v) is 5.38. The highest BCUT2D eigenvalue weighted by molar-refractivity contribution is 5.85. The number of fused-ring (bicyclic) bond motifs is 1. The quantitative estimate of drug-likeness (QED) is 0.367. The number of nitrogens with zero attached hydrogens (tertiary/aromatic N) is 4. The number of hydrogen-bond donors (Lipinski definition) is 1. The molecule has 0 amide bonds. The predicted molar refractivity (Wildman–Crippen MR) is 129 cm³/mol. The minimum absolute atomic E-state index is 0.297. The van der Waals surface area contributed by atoms with Crippen LogP contribution in [0.15, 0.2) is 72.7 Å². The molecule has 0 bridgehead atoms. The predicted octanol–water partition coefficient (Wildman–Crippen LogP) is 6.29. The molecule has 0 aliphatic heterocycles. The second-order valence-electron chi connectivity index (χ2n) is 7.43. The fourth-order valence-corrected chi connectivity index (χ4v) is 3.70. The standard InChI is InChI=1S/C26H26FN5/c1-4-8-19(21(27)6-3)22-14-15-23-26(30-22)32(18-12-10-17(5-2)11-13-18)25(31-23)20-9-7-16-29-24(20)28/h6-16H,4-5H2,1-3H3,(H2,28,29)/b19-8+,21-6+. The summed E-state index contributed by atoms with van der Waals surface area (Å²) in [5.41, 5.74) is 11.4. The van der Waals surface area contributed by atoms with Crippen molar-refractivity contribution in [2.24, 2.45) is 0 Å². The Bertz CT molecular complexity index is 1320. The van der Waals surface area contributed by atoms with E-state index in [1.54, 1.807) is 19.2 Å². The Morgan fingerprint density at radius 1 is 1.06 bits per heavy atom. The second-order valence-corrected chi connectivity index (χ2v) is 7.43. The lowest BCUT2D eigenvalue weighted by atomic mass is 10.1. The molecule has 0 saturated carbocycles. The van der Waals surface area contributed by atoms with Crippen molar-refractivity contribution in [3.05, 3.63) is 84.0 Å². The van der Waals surface area contributed by atoms with Gasteiger partial charge in [0.1, 0.15) is 17.2 Å². The molecule has 162 valence electrons. The molecule has 1 aromatic carbocycles. The van der Waals surface area contributed by atoms with Crippen LogP contribution in [0.3, 0.4) is 0 Å². The van der Waals surface area contributed by atoms with Crippen molar-refractivity contribution in [3.63, 3.8) is 0 Å². The number of pyridine rings is 2. The van der Waals surface area contributed by atoms with Crippen molar-refractivity contribution in [1.82, 2.24) is 19.5 Å². The molecule has 32 heavy (non-hydrogen) atoms. The van der Waals surface area contributed by atoms with Gasteiger partial charge in [-0.3, -0.25) is 4.57 Å². The molecule has 5 nitrogen and oxygen atoms in total. The first-order valence-electron chi connectivity index (χ1n) is 10.8. The summed E-state index contributed by atoms with van der Waals surface area (Å²) < 4.78 is 16.6. The first kappa shape index (κ1) is 21.4. The van der Waals surface area contributed by atoms with Gasteiger partial charge in [-0.1, -0.05) is 38.1 Å². The summed E-state index contributed by atoms with van der Waals surface area (Å²) in [5.74, 6) is 0.738. The van der Waals surface area contributed by atoms with E-state index < -0.39 is 0 Å². The second kappa shape index (κ2) is 9.14. The Morgan fingerprint density at radius 3 is 2.50 bits per heavy atom. The molecule has 0 atom stereocenters. The zero-order chi connectivity index (χ0) is 22.7. The van der Waals surface area contributed by atoms with Crippen LogP contribution in [0, 0.1) is 0 Å². The molecule has 3 heterocycles. The highest BCUT2D eigenvalue weighted by atomic mass is 19.1. The van der Waals surface area contributed by atoms with Crippen LogP contribution in [0.5, 0.6) is 0 Å². The summed E-state index contributed by atoms with van der Waals surface area (Å²) in [4.78, 5) is 13.9. The van der Waals surface area contributed by atoms with Crippen LogP contribution in [-0.2, 0) is 6.42 Å². The summed E-state index contributed by atoms with van der Waals surface area (Å²) in [6.45, 7) is 5.78. The van der Waals surface area contributed by atoms with Gasteiger partial charge in [-0.25, -0.2) is 19.3 Å². The molecule has 0 aliphatic rings. The highest BCUT2D eigenvalue weighted by Gasteiger charge is 2.19. The first-order valence-corrected chi connectivity index (χ1v) is 10.8. The molecule has 6 heteroatoms. The number of imidazole rings is 1. The van der Waals surface area contributed by atoms with Crippen LogP contribution >= 0.6 is 0 Å². The van der Waals surface area contributed by atoms with Crippen LogP contribution < -0.4 is 5.73 Å².